The maximum absolute atomic E-state index is 15.6. The molecule has 34 heavy (non-hydrogen) atoms. The number of ether oxygens (including phenoxy) is 1. The number of aliphatic hydroxyl groups is 1. The molecule has 1 aliphatic heterocycles. The molecular weight excluding hydrogens is 539 g/mol. The molecule has 1 fully saturated rings. The van der Waals surface area contributed by atoms with Crippen LogP contribution in [0.5, 0.6) is 0 Å². The fraction of sp³-hybridized carbons (Fsp3) is 0.538. The first-order valence-electron chi connectivity index (χ1n) is 8.61. The summed E-state index contributed by atoms with van der Waals surface area (Å²) < 4.78 is 80.4. The molecule has 21 heteroatoms. The number of aliphatic hydroxyl groups excluding tert-OH is 1. The molecule has 1 aromatic rings. The number of alkyl halides is 1. The number of nitrogens with zero attached hydrogens (tertiary/aromatic N) is 1. The lowest BCUT2D eigenvalue weighted by Gasteiger charge is -2.25. The van der Waals surface area contributed by atoms with Crippen molar-refractivity contribution in [2.24, 2.45) is 0 Å². The number of H-pyrrole nitrogens is 1. The fourth-order valence-corrected chi connectivity index (χ4v) is 6.07. The van der Waals surface area contributed by atoms with Crippen LogP contribution in [0.4, 0.5) is 8.78 Å². The lowest BCUT2D eigenvalue weighted by atomic mass is 9.94. The summed E-state index contributed by atoms with van der Waals surface area (Å²) in [5, 5.41) is 10.4. The van der Waals surface area contributed by atoms with Gasteiger partial charge in [-0.25, -0.2) is 22.9 Å². The predicted octanol–water partition coefficient (Wildman–Crippen LogP) is -0.603. The zero-order valence-electron chi connectivity index (χ0n) is 16.8. The van der Waals surface area contributed by atoms with Crippen molar-refractivity contribution in [1.29, 1.82) is 0 Å². The highest BCUT2D eigenvalue weighted by Gasteiger charge is 2.60. The lowest BCUT2D eigenvalue weighted by Crippen LogP contribution is -2.46. The minimum Gasteiger partial charge on any atom is -0.386 e. The number of hydrogen-bond donors (Lipinski definition) is 6. The Labute approximate surface area is 187 Å². The molecule has 0 amide bonds. The normalized spacial score (nSPS) is 29.5. The molecule has 16 nitrogen and oxygen atoms in total. The molecular formula is C13H17F2N2O14P3. The van der Waals surface area contributed by atoms with E-state index in [0.717, 1.165) is 13.8 Å². The molecule has 7 atom stereocenters. The Morgan fingerprint density at radius 1 is 1.21 bits per heavy atom. The van der Waals surface area contributed by atoms with Gasteiger partial charge in [0.25, 0.3) is 5.56 Å². The molecule has 1 aromatic heterocycles. The number of phosphoric ester groups is 1. The van der Waals surface area contributed by atoms with E-state index in [9.17, 15) is 42.6 Å². The van der Waals surface area contributed by atoms with Crippen molar-refractivity contribution in [1.82, 2.24) is 9.55 Å². The van der Waals surface area contributed by atoms with Gasteiger partial charge in [0, 0.05) is 0 Å². The average Bonchev–Trinajstić information content (AvgIpc) is 2.86. The first kappa shape index (κ1) is 28.7. The van der Waals surface area contributed by atoms with Crippen LogP contribution in [0, 0.1) is 17.7 Å². The average molecular weight is 556 g/mol. The van der Waals surface area contributed by atoms with Gasteiger partial charge in [0.1, 0.15) is 12.2 Å². The van der Waals surface area contributed by atoms with Crippen LogP contribution in [0.2, 0.25) is 0 Å². The number of aromatic nitrogens is 2. The standard InChI is InChI=1S/C13H17F2N2O14P3/c1-3-4-13(15)9(18)8(28-11(13)17-5-7(14)10(19)16-12(17)20)6(2)29-33(24,25)31-34(26,27)30-32(21,22)23/h5-6,8-9,11,18H,1-2H3,(H,24,25)(H,26,27)(H,16,19,20)(H2,21,22,23)/t6-,8+,9?,11+,13+/m0/s1. The van der Waals surface area contributed by atoms with Crippen molar-refractivity contribution in [2.45, 2.75) is 44.1 Å². The van der Waals surface area contributed by atoms with Gasteiger partial charge in [0.05, 0.1) is 12.3 Å². The van der Waals surface area contributed by atoms with E-state index in [1.165, 1.54) is 4.98 Å². The molecule has 192 valence electrons. The molecule has 2 rings (SSSR count). The van der Waals surface area contributed by atoms with Gasteiger partial charge in [0.15, 0.2) is 6.23 Å². The molecule has 1 aliphatic rings. The highest BCUT2D eigenvalue weighted by atomic mass is 31.3. The highest BCUT2D eigenvalue weighted by Crippen LogP contribution is 2.66. The number of halogens is 2. The summed E-state index contributed by atoms with van der Waals surface area (Å²) in [5.74, 6) is 2.49. The summed E-state index contributed by atoms with van der Waals surface area (Å²) in [6.07, 6.45) is -8.23. The number of rotatable bonds is 8. The minimum atomic E-state index is -5.87. The summed E-state index contributed by atoms with van der Waals surface area (Å²) in [5.41, 5.74) is -5.99. The molecule has 0 bridgehead atoms. The van der Waals surface area contributed by atoms with E-state index in [-0.39, 0.29) is 10.8 Å². The third kappa shape index (κ3) is 6.55. The number of phosphoric acid groups is 3. The van der Waals surface area contributed by atoms with E-state index in [1.54, 1.807) is 0 Å². The van der Waals surface area contributed by atoms with E-state index >= 15 is 4.39 Å². The Hall–Kier alpha value is -1.57. The van der Waals surface area contributed by atoms with Crippen LogP contribution >= 0.6 is 23.5 Å². The van der Waals surface area contributed by atoms with Crippen LogP contribution < -0.4 is 11.2 Å². The fourth-order valence-electron chi connectivity index (χ4n) is 2.87. The summed E-state index contributed by atoms with van der Waals surface area (Å²) >= 11 is 0. The minimum absolute atomic E-state index is 0.210. The summed E-state index contributed by atoms with van der Waals surface area (Å²) in [7, 11) is -17.2. The molecule has 6 N–H and O–H groups in total. The van der Waals surface area contributed by atoms with Gasteiger partial charge >= 0.3 is 29.2 Å². The van der Waals surface area contributed by atoms with Crippen molar-refractivity contribution >= 4 is 23.5 Å². The molecule has 0 saturated carbocycles. The Balaban J connectivity index is 2.36. The monoisotopic (exact) mass is 556 g/mol. The second kappa shape index (κ2) is 9.82. The lowest BCUT2D eigenvalue weighted by molar-refractivity contribution is -0.0783. The molecule has 3 unspecified atom stereocenters. The van der Waals surface area contributed by atoms with Crippen molar-refractivity contribution in [3.05, 3.63) is 32.9 Å². The van der Waals surface area contributed by atoms with Crippen molar-refractivity contribution in [3.8, 4) is 11.8 Å². The van der Waals surface area contributed by atoms with Crippen LogP contribution in [0.25, 0.3) is 0 Å². The van der Waals surface area contributed by atoms with E-state index in [4.69, 9.17) is 14.5 Å². The summed E-state index contributed by atoms with van der Waals surface area (Å²) in [4.78, 5) is 60.7. The second-order valence-electron chi connectivity index (χ2n) is 6.59. The Kier molecular flexibility index (Phi) is 8.28. The SMILES string of the molecule is CC#C[C@@]1(F)C(O)[C@@H]([C@H](C)OP(=O)(O)OP(=O)(O)OP(=O)(O)O)O[C@H]1n1cc(F)c(=O)[nH]c1=O. The van der Waals surface area contributed by atoms with Gasteiger partial charge in [-0.15, -0.1) is 5.92 Å². The molecule has 0 radical (unpaired) electrons. The topological polar surface area (TPSA) is 244 Å². The smallest absolute Gasteiger partial charge is 0.386 e. The summed E-state index contributed by atoms with van der Waals surface area (Å²) in [6.45, 7) is 1.99. The van der Waals surface area contributed by atoms with Gasteiger partial charge in [-0.05, 0) is 13.8 Å². The predicted molar refractivity (Wildman–Crippen MR) is 103 cm³/mol. The van der Waals surface area contributed by atoms with Gasteiger partial charge in [-0.3, -0.25) is 18.9 Å². The number of aromatic amines is 1. The Bertz CT molecular complexity index is 1270. The molecule has 0 aliphatic carbocycles. The first-order valence-corrected chi connectivity index (χ1v) is 13.1. The van der Waals surface area contributed by atoms with Crippen LogP contribution in [-0.4, -0.2) is 58.2 Å². The third-order valence-electron chi connectivity index (χ3n) is 4.06. The maximum atomic E-state index is 15.6. The number of nitrogens with one attached hydrogen (secondary N) is 1. The zero-order chi connectivity index (χ0) is 26.3. The Morgan fingerprint density at radius 3 is 2.32 bits per heavy atom. The highest BCUT2D eigenvalue weighted by molar-refractivity contribution is 7.66. The van der Waals surface area contributed by atoms with E-state index in [2.05, 4.69) is 19.1 Å². The van der Waals surface area contributed by atoms with Crippen LogP contribution in [0.3, 0.4) is 0 Å². The Morgan fingerprint density at radius 2 is 1.79 bits per heavy atom. The van der Waals surface area contributed by atoms with Crippen LogP contribution in [0.15, 0.2) is 15.8 Å². The molecule has 0 spiro atoms. The zero-order valence-corrected chi connectivity index (χ0v) is 19.5. The van der Waals surface area contributed by atoms with Crippen molar-refractivity contribution < 1.29 is 65.0 Å². The molecule has 1 saturated heterocycles. The van der Waals surface area contributed by atoms with E-state index in [1.807, 2.05) is 5.92 Å². The van der Waals surface area contributed by atoms with Crippen molar-refractivity contribution in [3.63, 3.8) is 0 Å². The van der Waals surface area contributed by atoms with Gasteiger partial charge in [-0.2, -0.15) is 13.0 Å². The maximum Gasteiger partial charge on any atom is 0.490 e. The quantitative estimate of drug-likeness (QED) is 0.173. The van der Waals surface area contributed by atoms with Crippen LogP contribution in [0.1, 0.15) is 20.1 Å². The van der Waals surface area contributed by atoms with E-state index < -0.39 is 70.7 Å². The van der Waals surface area contributed by atoms with Crippen molar-refractivity contribution in [2.75, 3.05) is 0 Å². The van der Waals surface area contributed by atoms with Gasteiger partial charge in [-0.1, -0.05) is 5.92 Å². The largest absolute Gasteiger partial charge is 0.490 e. The summed E-state index contributed by atoms with van der Waals surface area (Å²) in [6, 6.07) is 0. The molecule has 0 aromatic carbocycles. The van der Waals surface area contributed by atoms with Gasteiger partial charge < -0.3 is 29.4 Å². The van der Waals surface area contributed by atoms with Gasteiger partial charge in [0.2, 0.25) is 11.5 Å². The first-order chi connectivity index (χ1) is 15.3. The molecule has 2 heterocycles. The number of hydrogen-bond acceptors (Lipinski definition) is 10. The van der Waals surface area contributed by atoms with Crippen LogP contribution in [-0.2, 0) is 31.6 Å². The second-order valence-corrected chi connectivity index (χ2v) is 11.0. The van der Waals surface area contributed by atoms with E-state index in [0.29, 0.717) is 0 Å². The third-order valence-corrected chi connectivity index (χ3v) is 7.98.